The van der Waals surface area contributed by atoms with Gasteiger partial charge in [-0.05, 0) is 107 Å². The number of anilines is 1. The van der Waals surface area contributed by atoms with Crippen molar-refractivity contribution in [3.63, 3.8) is 0 Å². The van der Waals surface area contributed by atoms with E-state index in [1.807, 2.05) is 91.0 Å². The second kappa shape index (κ2) is 27.2. The van der Waals surface area contributed by atoms with E-state index in [9.17, 15) is 14.4 Å². The summed E-state index contributed by atoms with van der Waals surface area (Å²) >= 11 is 0. The number of benzene rings is 4. The van der Waals surface area contributed by atoms with E-state index in [4.69, 9.17) is 39.4 Å². The molecule has 410 valence electrons. The van der Waals surface area contributed by atoms with Crippen LogP contribution in [-0.2, 0) is 40.1 Å². The quantitative estimate of drug-likeness (QED) is 0.0192. The number of ether oxygens (including phenoxy) is 4. The van der Waals surface area contributed by atoms with Gasteiger partial charge in [-0.15, -0.1) is 6.42 Å². The molecule has 1 saturated heterocycles. The van der Waals surface area contributed by atoms with Crippen molar-refractivity contribution in [2.75, 3.05) is 39.3 Å². The Morgan fingerprint density at radius 3 is 2.14 bits per heavy atom. The van der Waals surface area contributed by atoms with Crippen molar-refractivity contribution in [3.8, 4) is 23.8 Å². The summed E-state index contributed by atoms with van der Waals surface area (Å²) in [6, 6.07) is 34.2. The maximum atomic E-state index is 13.5. The van der Waals surface area contributed by atoms with Gasteiger partial charge in [-0.1, -0.05) is 114 Å². The van der Waals surface area contributed by atoms with Gasteiger partial charge in [0.2, 0.25) is 17.8 Å². The second-order valence-electron chi connectivity index (χ2n) is 20.1. The van der Waals surface area contributed by atoms with Crippen molar-refractivity contribution >= 4 is 59.0 Å². The SMILES string of the molecule is C#CCNC(=O)CCC(C)(C)SSc1ccccc1CCOP(OC1CC(n2cnc3c(=O)[nH]c(NC(=O)C(C)C)nc32)OC1COC(c1ccccc1)(c1ccc(OC)cc1)c1ccc(OC)cc1)N(C(C)C)C(C)C. The number of nitrogens with zero attached hydrogens (tertiary/aromatic N) is 4. The van der Waals surface area contributed by atoms with Crippen LogP contribution < -0.4 is 25.7 Å². The van der Waals surface area contributed by atoms with Crippen LogP contribution in [0.3, 0.4) is 0 Å². The lowest BCUT2D eigenvalue weighted by molar-refractivity contribution is -0.121. The summed E-state index contributed by atoms with van der Waals surface area (Å²) in [5.41, 5.74) is 2.36. The Hall–Kier alpha value is -5.74. The molecule has 2 aromatic heterocycles. The predicted octanol–water partition coefficient (Wildman–Crippen LogP) is 11.1. The topological polar surface area (TPSA) is 180 Å². The van der Waals surface area contributed by atoms with Crippen molar-refractivity contribution in [2.45, 2.75) is 127 Å². The normalized spacial score (nSPS) is 16.3. The molecule has 3 heterocycles. The molecule has 0 aliphatic carbocycles. The standard InChI is InChI=1S/C58H72N7O9PS2/c1-12-33-59-50(66)30-32-57(8,9)77-76-49-21-17-16-18-41(49)31-34-72-75(65(39(4)5)40(6)7)74-47-35-51(64-37-60-52-53(64)61-56(63-55(52)68)62-54(67)38(2)3)73-48(47)36-71-58(42-19-14-13-15-20-42,43-22-26-45(69-10)27-23-43)44-24-28-46(70-11)29-25-44/h1,13-29,37-40,47-48,51H,30-36H2,2-11H3,(H,59,66)(H2,61,62,63,67,68). The molecule has 19 heteroatoms. The van der Waals surface area contributed by atoms with Gasteiger partial charge in [-0.25, -0.2) is 9.65 Å². The lowest BCUT2D eigenvalue weighted by Gasteiger charge is -2.39. The number of carbonyl (C=O) groups excluding carboxylic acids is 2. The lowest BCUT2D eigenvalue weighted by Crippen LogP contribution is -2.39. The average molecular weight is 1110 g/mol. The van der Waals surface area contributed by atoms with Crippen LogP contribution in [0.5, 0.6) is 11.5 Å². The van der Waals surface area contributed by atoms with Crippen molar-refractivity contribution in [3.05, 3.63) is 142 Å². The van der Waals surface area contributed by atoms with Crippen LogP contribution in [0.25, 0.3) is 11.2 Å². The minimum absolute atomic E-state index is 0.00465. The number of hydrogen-bond acceptors (Lipinski definition) is 14. The van der Waals surface area contributed by atoms with Gasteiger partial charge in [0.15, 0.2) is 11.2 Å². The number of amides is 2. The molecule has 0 radical (unpaired) electrons. The highest BCUT2D eigenvalue weighted by Gasteiger charge is 2.45. The van der Waals surface area contributed by atoms with E-state index in [1.165, 1.54) is 6.33 Å². The van der Waals surface area contributed by atoms with E-state index in [1.54, 1.807) is 54.2 Å². The summed E-state index contributed by atoms with van der Waals surface area (Å²) in [6.45, 7) is 17.0. The highest BCUT2D eigenvalue weighted by Crippen LogP contribution is 2.51. The van der Waals surface area contributed by atoms with Crippen LogP contribution in [0, 0.1) is 18.3 Å². The zero-order chi connectivity index (χ0) is 55.3. The van der Waals surface area contributed by atoms with Gasteiger partial charge < -0.3 is 33.3 Å². The van der Waals surface area contributed by atoms with Crippen molar-refractivity contribution in [2.24, 2.45) is 5.92 Å². The molecule has 6 aromatic rings. The van der Waals surface area contributed by atoms with E-state index >= 15 is 0 Å². The van der Waals surface area contributed by atoms with Crippen molar-refractivity contribution in [1.29, 1.82) is 0 Å². The Kier molecular flexibility index (Phi) is 20.8. The molecule has 4 aromatic carbocycles. The Labute approximate surface area is 461 Å². The largest absolute Gasteiger partial charge is 0.497 e. The summed E-state index contributed by atoms with van der Waals surface area (Å²) in [7, 11) is 4.97. The summed E-state index contributed by atoms with van der Waals surface area (Å²) in [6.07, 6.45) is 6.79. The average Bonchev–Trinajstić information content (AvgIpc) is 4.09. The number of H-pyrrole nitrogens is 1. The highest BCUT2D eigenvalue weighted by molar-refractivity contribution is 8.77. The van der Waals surface area contributed by atoms with E-state index in [-0.39, 0.29) is 64.8 Å². The fourth-order valence-corrected chi connectivity index (χ4v) is 13.3. The molecular weight excluding hydrogens is 1030 g/mol. The maximum absolute atomic E-state index is 13.5. The molecule has 1 aliphatic rings. The molecule has 0 saturated carbocycles. The number of fused-ring (bicyclic) bond motifs is 1. The Balaban J connectivity index is 1.23. The molecule has 1 aliphatic heterocycles. The molecule has 7 rings (SSSR count). The number of aromatic amines is 1. The van der Waals surface area contributed by atoms with E-state index in [0.29, 0.717) is 43.8 Å². The molecular formula is C58H72N7O9PS2. The van der Waals surface area contributed by atoms with Gasteiger partial charge in [0, 0.05) is 40.5 Å². The van der Waals surface area contributed by atoms with Gasteiger partial charge in [-0.2, -0.15) is 4.98 Å². The molecule has 16 nitrogen and oxygen atoms in total. The highest BCUT2D eigenvalue weighted by atomic mass is 33.1. The fraction of sp³-hybridized carbons (Fsp3) is 0.431. The maximum Gasteiger partial charge on any atom is 0.280 e. The van der Waals surface area contributed by atoms with Crippen LogP contribution in [0.2, 0.25) is 0 Å². The lowest BCUT2D eigenvalue weighted by atomic mass is 9.80. The van der Waals surface area contributed by atoms with Crippen LogP contribution in [-0.4, -0.2) is 99.0 Å². The van der Waals surface area contributed by atoms with Crippen LogP contribution in [0.4, 0.5) is 5.95 Å². The smallest absolute Gasteiger partial charge is 0.280 e. The number of imidazole rings is 1. The number of terminal acetylenes is 1. The third kappa shape index (κ3) is 14.9. The molecule has 2 amide bonds. The molecule has 4 atom stereocenters. The van der Waals surface area contributed by atoms with Crippen LogP contribution in [0.15, 0.2) is 119 Å². The van der Waals surface area contributed by atoms with Crippen molar-refractivity contribution < 1.29 is 37.6 Å². The first-order valence-corrected chi connectivity index (χ1v) is 29.2. The first kappa shape index (κ1) is 58.9. The van der Waals surface area contributed by atoms with Gasteiger partial charge in [0.05, 0.1) is 46.4 Å². The number of aromatic nitrogens is 4. The van der Waals surface area contributed by atoms with E-state index < -0.39 is 38.1 Å². The summed E-state index contributed by atoms with van der Waals surface area (Å²) < 4.78 is 43.9. The van der Waals surface area contributed by atoms with Crippen molar-refractivity contribution in [1.82, 2.24) is 29.5 Å². The van der Waals surface area contributed by atoms with Gasteiger partial charge >= 0.3 is 0 Å². The fourth-order valence-electron chi connectivity index (χ4n) is 8.99. The van der Waals surface area contributed by atoms with Gasteiger partial charge in [0.1, 0.15) is 29.4 Å². The number of nitrogens with one attached hydrogen (secondary N) is 3. The Bertz CT molecular complexity index is 2930. The number of methoxy groups -OCH3 is 2. The monoisotopic (exact) mass is 1110 g/mol. The third-order valence-electron chi connectivity index (χ3n) is 13.0. The first-order valence-electron chi connectivity index (χ1n) is 25.9. The van der Waals surface area contributed by atoms with Crippen LogP contribution >= 0.6 is 30.1 Å². The summed E-state index contributed by atoms with van der Waals surface area (Å²) in [5.74, 6) is 3.15. The molecule has 1 fully saturated rings. The summed E-state index contributed by atoms with van der Waals surface area (Å²) in [4.78, 5) is 51.6. The number of hydrogen-bond donors (Lipinski definition) is 3. The molecule has 4 unspecified atom stereocenters. The number of rotatable bonds is 27. The third-order valence-corrected chi connectivity index (χ3v) is 18.7. The Morgan fingerprint density at radius 2 is 1.53 bits per heavy atom. The zero-order valence-electron chi connectivity index (χ0n) is 45.6. The second-order valence-corrected chi connectivity index (χ2v) is 24.4. The Morgan fingerprint density at radius 1 is 0.909 bits per heavy atom. The van der Waals surface area contributed by atoms with Gasteiger partial charge in [-0.3, -0.25) is 29.3 Å². The summed E-state index contributed by atoms with van der Waals surface area (Å²) in [5, 5.41) is 5.49. The van der Waals surface area contributed by atoms with E-state index in [2.05, 4.69) is 84.9 Å². The van der Waals surface area contributed by atoms with Crippen LogP contribution in [0.1, 0.15) is 103 Å². The zero-order valence-corrected chi connectivity index (χ0v) is 48.1. The van der Waals surface area contributed by atoms with Gasteiger partial charge in [0.25, 0.3) is 14.1 Å². The predicted molar refractivity (Wildman–Crippen MR) is 307 cm³/mol. The molecule has 0 spiro atoms. The van der Waals surface area contributed by atoms with E-state index in [0.717, 1.165) is 27.1 Å². The minimum Gasteiger partial charge on any atom is -0.497 e. The number of carbonyl (C=O) groups is 2. The molecule has 0 bridgehead atoms. The first-order chi connectivity index (χ1) is 37.0. The molecule has 3 N–H and O–H groups in total. The molecule has 77 heavy (non-hydrogen) atoms. The minimum atomic E-state index is -1.74.